The first-order chi connectivity index (χ1) is 14.6. The fourth-order valence-corrected chi connectivity index (χ4v) is 4.09. The Morgan fingerprint density at radius 3 is 2.20 bits per heavy atom. The van der Waals surface area contributed by atoms with Crippen molar-refractivity contribution in [1.82, 2.24) is 9.80 Å². The van der Waals surface area contributed by atoms with Crippen molar-refractivity contribution < 1.29 is 18.7 Å². The van der Waals surface area contributed by atoms with Gasteiger partial charge in [0.25, 0.3) is 11.8 Å². The van der Waals surface area contributed by atoms with Crippen LogP contribution >= 0.6 is 0 Å². The highest BCUT2D eigenvalue weighted by atomic mass is 19.1. The molecule has 2 aliphatic rings. The lowest BCUT2D eigenvalue weighted by Gasteiger charge is -2.29. The molecule has 0 aromatic heterocycles. The summed E-state index contributed by atoms with van der Waals surface area (Å²) in [5.41, 5.74) is 2.45. The van der Waals surface area contributed by atoms with Crippen molar-refractivity contribution in [3.05, 3.63) is 71.2 Å². The molecule has 30 heavy (non-hydrogen) atoms. The van der Waals surface area contributed by atoms with E-state index in [0.29, 0.717) is 29.8 Å². The van der Waals surface area contributed by atoms with Crippen LogP contribution in [-0.2, 0) is 16.0 Å². The van der Waals surface area contributed by atoms with Crippen molar-refractivity contribution >= 4 is 17.4 Å². The van der Waals surface area contributed by atoms with Gasteiger partial charge in [-0.2, -0.15) is 0 Å². The smallest absolute Gasteiger partial charge is 0.277 e. The zero-order chi connectivity index (χ0) is 21.1. The summed E-state index contributed by atoms with van der Waals surface area (Å²) >= 11 is 0. The lowest BCUT2D eigenvalue weighted by atomic mass is 10.0. The van der Waals surface area contributed by atoms with Crippen LogP contribution in [0.2, 0.25) is 0 Å². The fourth-order valence-electron chi connectivity index (χ4n) is 4.09. The Hall–Kier alpha value is -3.15. The first-order valence-corrected chi connectivity index (χ1v) is 10.3. The van der Waals surface area contributed by atoms with Crippen molar-refractivity contribution in [3.8, 4) is 5.75 Å². The summed E-state index contributed by atoms with van der Waals surface area (Å²) in [7, 11) is 1.61. The minimum Gasteiger partial charge on any atom is -0.497 e. The van der Waals surface area contributed by atoms with Crippen LogP contribution in [0.5, 0.6) is 5.75 Å². The third-order valence-electron chi connectivity index (χ3n) is 5.73. The average Bonchev–Trinajstić information content (AvgIpc) is 3.03. The molecule has 1 saturated heterocycles. The zero-order valence-corrected chi connectivity index (χ0v) is 17.1. The predicted molar refractivity (Wildman–Crippen MR) is 112 cm³/mol. The average molecular weight is 408 g/mol. The maximum Gasteiger partial charge on any atom is 0.277 e. The molecule has 2 amide bonds. The number of nitrogens with zero attached hydrogens (tertiary/aromatic N) is 2. The second-order valence-electron chi connectivity index (χ2n) is 7.64. The van der Waals surface area contributed by atoms with Crippen LogP contribution in [0.25, 0.3) is 5.57 Å². The summed E-state index contributed by atoms with van der Waals surface area (Å²) in [4.78, 5) is 29.9. The number of hydrogen-bond acceptors (Lipinski definition) is 4. The van der Waals surface area contributed by atoms with Crippen LogP contribution in [0.15, 0.2) is 54.2 Å². The molecule has 0 unspecified atom stereocenters. The summed E-state index contributed by atoms with van der Waals surface area (Å²) in [6, 6.07) is 13.4. The Kier molecular flexibility index (Phi) is 5.84. The number of ether oxygens (including phenoxy) is 1. The van der Waals surface area contributed by atoms with Gasteiger partial charge < -0.3 is 9.64 Å². The number of hydrogen-bond donors (Lipinski definition) is 0. The molecule has 156 valence electrons. The van der Waals surface area contributed by atoms with E-state index in [1.807, 2.05) is 29.2 Å². The molecule has 2 heterocycles. The van der Waals surface area contributed by atoms with Crippen molar-refractivity contribution in [3.63, 3.8) is 0 Å². The zero-order valence-electron chi connectivity index (χ0n) is 17.1. The van der Waals surface area contributed by atoms with E-state index in [2.05, 4.69) is 0 Å². The van der Waals surface area contributed by atoms with Gasteiger partial charge in [-0.25, -0.2) is 4.39 Å². The fraction of sp³-hybridized carbons (Fsp3) is 0.333. The molecule has 6 heteroatoms. The summed E-state index contributed by atoms with van der Waals surface area (Å²) in [5.74, 6) is -0.165. The predicted octanol–water partition coefficient (Wildman–Crippen LogP) is 3.64. The molecule has 0 N–H and O–H groups in total. The van der Waals surface area contributed by atoms with Gasteiger partial charge in [0.2, 0.25) is 0 Å². The van der Waals surface area contributed by atoms with Gasteiger partial charge in [0.15, 0.2) is 0 Å². The second kappa shape index (κ2) is 8.69. The summed E-state index contributed by atoms with van der Waals surface area (Å²) in [6.07, 6.45) is 3.67. The normalized spacial score (nSPS) is 17.1. The van der Waals surface area contributed by atoms with Crippen LogP contribution in [-0.4, -0.2) is 48.4 Å². The number of likely N-dealkylation sites (tertiary alicyclic amines) is 1. The monoisotopic (exact) mass is 408 g/mol. The third-order valence-corrected chi connectivity index (χ3v) is 5.73. The third kappa shape index (κ3) is 3.95. The molecule has 0 saturated carbocycles. The Morgan fingerprint density at radius 2 is 1.57 bits per heavy atom. The SMILES string of the molecule is COc1ccc(CCN2C(=O)C(c3ccc(F)cc3)=C(N3CCCCC3)C2=O)cc1. The molecular weight excluding hydrogens is 383 g/mol. The molecule has 0 aliphatic carbocycles. The van der Waals surface area contributed by atoms with E-state index in [0.717, 1.165) is 43.7 Å². The van der Waals surface area contributed by atoms with Crippen LogP contribution < -0.4 is 4.74 Å². The topological polar surface area (TPSA) is 49.9 Å². The van der Waals surface area contributed by atoms with Crippen molar-refractivity contribution in [2.45, 2.75) is 25.7 Å². The Balaban J connectivity index is 1.60. The highest BCUT2D eigenvalue weighted by Crippen LogP contribution is 2.33. The van der Waals surface area contributed by atoms with Gasteiger partial charge in [0.05, 0.1) is 12.7 Å². The standard InChI is InChI=1S/C24H25FN2O3/c1-30-20-11-5-17(6-12-20)13-16-27-23(28)21(18-7-9-19(25)10-8-18)22(24(27)29)26-14-3-2-4-15-26/h5-12H,2-4,13-16H2,1H3. The number of imide groups is 1. The van der Waals surface area contributed by atoms with Crippen LogP contribution in [0.1, 0.15) is 30.4 Å². The molecule has 2 aromatic carbocycles. The number of halogens is 1. The Labute approximate surface area is 175 Å². The lowest BCUT2D eigenvalue weighted by molar-refractivity contribution is -0.137. The first kappa shape index (κ1) is 20.1. The molecule has 1 fully saturated rings. The molecule has 0 bridgehead atoms. The van der Waals surface area contributed by atoms with Crippen LogP contribution in [0.4, 0.5) is 4.39 Å². The van der Waals surface area contributed by atoms with Crippen LogP contribution in [0, 0.1) is 5.82 Å². The van der Waals surface area contributed by atoms with Crippen LogP contribution in [0.3, 0.4) is 0 Å². The van der Waals surface area contributed by atoms with Crippen molar-refractivity contribution in [2.75, 3.05) is 26.7 Å². The number of amides is 2. The summed E-state index contributed by atoms with van der Waals surface area (Å²) in [6.45, 7) is 1.81. The molecule has 2 aliphatic heterocycles. The van der Waals surface area contributed by atoms with E-state index in [1.165, 1.54) is 17.0 Å². The minimum atomic E-state index is -0.369. The molecule has 5 nitrogen and oxygen atoms in total. The van der Waals surface area contributed by atoms with Gasteiger partial charge in [-0.3, -0.25) is 14.5 Å². The van der Waals surface area contributed by atoms with E-state index >= 15 is 0 Å². The summed E-state index contributed by atoms with van der Waals surface area (Å²) in [5, 5.41) is 0. The van der Waals surface area contributed by atoms with Gasteiger partial charge >= 0.3 is 0 Å². The highest BCUT2D eigenvalue weighted by molar-refractivity contribution is 6.35. The maximum atomic E-state index is 13.4. The number of methoxy groups -OCH3 is 1. The van der Waals surface area contributed by atoms with Crippen molar-refractivity contribution in [1.29, 1.82) is 0 Å². The first-order valence-electron chi connectivity index (χ1n) is 10.3. The van der Waals surface area contributed by atoms with Gasteiger partial charge in [-0.1, -0.05) is 24.3 Å². The molecule has 2 aromatic rings. The number of carbonyl (C=O) groups excluding carboxylic acids is 2. The molecule has 4 rings (SSSR count). The Bertz CT molecular complexity index is 961. The Morgan fingerprint density at radius 1 is 0.900 bits per heavy atom. The van der Waals surface area contributed by atoms with E-state index in [4.69, 9.17) is 4.74 Å². The number of piperidine rings is 1. The maximum absolute atomic E-state index is 13.4. The van der Waals surface area contributed by atoms with Gasteiger partial charge in [0, 0.05) is 19.6 Å². The second-order valence-corrected chi connectivity index (χ2v) is 7.64. The van der Waals surface area contributed by atoms with E-state index in [9.17, 15) is 14.0 Å². The number of carbonyl (C=O) groups is 2. The van der Waals surface area contributed by atoms with Gasteiger partial charge in [-0.15, -0.1) is 0 Å². The molecule has 0 radical (unpaired) electrons. The molecule has 0 atom stereocenters. The van der Waals surface area contributed by atoms with Gasteiger partial charge in [0.1, 0.15) is 17.3 Å². The number of benzene rings is 2. The largest absolute Gasteiger partial charge is 0.497 e. The summed E-state index contributed by atoms with van der Waals surface area (Å²) < 4.78 is 18.6. The van der Waals surface area contributed by atoms with E-state index in [-0.39, 0.29) is 17.6 Å². The number of rotatable bonds is 6. The molecular formula is C24H25FN2O3. The molecule has 0 spiro atoms. The van der Waals surface area contributed by atoms with E-state index in [1.54, 1.807) is 19.2 Å². The highest BCUT2D eigenvalue weighted by Gasteiger charge is 2.41. The quantitative estimate of drug-likeness (QED) is 0.685. The van der Waals surface area contributed by atoms with E-state index < -0.39 is 0 Å². The lowest BCUT2D eigenvalue weighted by Crippen LogP contribution is -2.38. The minimum absolute atomic E-state index is 0.255. The van der Waals surface area contributed by atoms with Gasteiger partial charge in [-0.05, 0) is 61.1 Å². The van der Waals surface area contributed by atoms with Crippen molar-refractivity contribution in [2.24, 2.45) is 0 Å².